The number of nitriles is 1. The molecule has 0 amide bonds. The molecule has 4 nitrogen and oxygen atoms in total. The number of nitrogens with zero attached hydrogens (tertiary/aromatic N) is 3. The Kier molecular flexibility index (Phi) is 4.56. The topological polar surface area (TPSA) is 61.6 Å². The standard InChI is InChI=1S/C13H12N4S/c14-10-11-6-7-16-17-13(11)15-8-9-18-12-4-2-1-3-5-12/h1-7H,8-9H2,(H,15,17). The van der Waals surface area contributed by atoms with Crippen LogP contribution in [0.25, 0.3) is 0 Å². The van der Waals surface area contributed by atoms with E-state index in [2.05, 4.69) is 33.7 Å². The Morgan fingerprint density at radius 2 is 2.06 bits per heavy atom. The maximum Gasteiger partial charge on any atom is 0.166 e. The molecule has 0 aliphatic carbocycles. The number of rotatable bonds is 5. The molecule has 0 saturated carbocycles. The normalized spacial score (nSPS) is 9.72. The van der Waals surface area contributed by atoms with Crippen molar-refractivity contribution in [2.75, 3.05) is 17.6 Å². The van der Waals surface area contributed by atoms with Gasteiger partial charge in [-0.1, -0.05) is 18.2 Å². The molecular weight excluding hydrogens is 244 g/mol. The number of hydrogen-bond acceptors (Lipinski definition) is 5. The predicted octanol–water partition coefficient (Wildman–Crippen LogP) is 2.55. The molecule has 1 aromatic carbocycles. The molecule has 1 aromatic heterocycles. The zero-order valence-electron chi connectivity index (χ0n) is 9.71. The van der Waals surface area contributed by atoms with E-state index in [4.69, 9.17) is 5.26 Å². The van der Waals surface area contributed by atoms with Crippen molar-refractivity contribution >= 4 is 17.6 Å². The molecule has 18 heavy (non-hydrogen) atoms. The predicted molar refractivity (Wildman–Crippen MR) is 72.4 cm³/mol. The van der Waals surface area contributed by atoms with Gasteiger partial charge in [0.2, 0.25) is 0 Å². The van der Waals surface area contributed by atoms with Crippen LogP contribution in [-0.2, 0) is 0 Å². The minimum absolute atomic E-state index is 0.523. The van der Waals surface area contributed by atoms with Crippen molar-refractivity contribution in [3.63, 3.8) is 0 Å². The van der Waals surface area contributed by atoms with E-state index in [0.717, 1.165) is 12.3 Å². The molecule has 0 saturated heterocycles. The lowest BCUT2D eigenvalue weighted by atomic mass is 10.3. The quantitative estimate of drug-likeness (QED) is 0.658. The number of hydrogen-bond donors (Lipinski definition) is 1. The molecule has 5 heteroatoms. The van der Waals surface area contributed by atoms with Crippen LogP contribution in [0.4, 0.5) is 5.82 Å². The fraction of sp³-hybridized carbons (Fsp3) is 0.154. The maximum atomic E-state index is 8.89. The van der Waals surface area contributed by atoms with Crippen LogP contribution < -0.4 is 5.32 Å². The second-order valence-electron chi connectivity index (χ2n) is 3.49. The van der Waals surface area contributed by atoms with Crippen molar-refractivity contribution in [2.24, 2.45) is 0 Å². The summed E-state index contributed by atoms with van der Waals surface area (Å²) >= 11 is 1.76. The lowest BCUT2D eigenvalue weighted by molar-refractivity contribution is 1.01. The van der Waals surface area contributed by atoms with Crippen molar-refractivity contribution in [3.8, 4) is 6.07 Å². The number of nitrogens with one attached hydrogen (secondary N) is 1. The Morgan fingerprint density at radius 3 is 2.83 bits per heavy atom. The van der Waals surface area contributed by atoms with Gasteiger partial charge in [-0.3, -0.25) is 0 Å². The molecule has 0 radical (unpaired) electrons. The molecule has 0 bridgehead atoms. The minimum Gasteiger partial charge on any atom is -0.367 e. The second kappa shape index (κ2) is 6.62. The summed E-state index contributed by atoms with van der Waals surface area (Å²) in [5.74, 6) is 1.46. The Labute approximate surface area is 110 Å². The minimum atomic E-state index is 0.523. The van der Waals surface area contributed by atoms with Gasteiger partial charge in [0.15, 0.2) is 5.82 Å². The first-order valence-electron chi connectivity index (χ1n) is 5.53. The van der Waals surface area contributed by atoms with Crippen LogP contribution in [0.2, 0.25) is 0 Å². The molecule has 0 atom stereocenters. The fourth-order valence-electron chi connectivity index (χ4n) is 1.41. The Balaban J connectivity index is 1.81. The highest BCUT2D eigenvalue weighted by Gasteiger charge is 2.01. The third-order valence-corrected chi connectivity index (χ3v) is 3.26. The first-order chi connectivity index (χ1) is 8.90. The first-order valence-corrected chi connectivity index (χ1v) is 6.52. The van der Waals surface area contributed by atoms with Crippen molar-refractivity contribution in [1.29, 1.82) is 5.26 Å². The average Bonchev–Trinajstić information content (AvgIpc) is 2.45. The van der Waals surface area contributed by atoms with Gasteiger partial charge in [-0.25, -0.2) is 0 Å². The van der Waals surface area contributed by atoms with Crippen LogP contribution in [0.5, 0.6) is 0 Å². The van der Waals surface area contributed by atoms with E-state index in [1.165, 1.54) is 11.1 Å². The van der Waals surface area contributed by atoms with Crippen LogP contribution in [0.3, 0.4) is 0 Å². The summed E-state index contributed by atoms with van der Waals surface area (Å²) in [7, 11) is 0. The monoisotopic (exact) mass is 256 g/mol. The van der Waals surface area contributed by atoms with Crippen LogP contribution in [-0.4, -0.2) is 22.5 Å². The average molecular weight is 256 g/mol. The van der Waals surface area contributed by atoms with Gasteiger partial charge in [0.05, 0.1) is 11.8 Å². The second-order valence-corrected chi connectivity index (χ2v) is 4.66. The van der Waals surface area contributed by atoms with Gasteiger partial charge in [0.1, 0.15) is 6.07 Å². The Hall–Kier alpha value is -2.06. The number of anilines is 1. The molecule has 0 aliphatic heterocycles. The molecule has 0 aliphatic rings. The largest absolute Gasteiger partial charge is 0.367 e. The van der Waals surface area contributed by atoms with E-state index in [0.29, 0.717) is 11.4 Å². The summed E-state index contributed by atoms with van der Waals surface area (Å²) in [5.41, 5.74) is 0.523. The molecule has 90 valence electrons. The van der Waals surface area contributed by atoms with E-state index in [1.807, 2.05) is 18.2 Å². The number of benzene rings is 1. The summed E-state index contributed by atoms with van der Waals surface area (Å²) in [4.78, 5) is 1.24. The van der Waals surface area contributed by atoms with Crippen LogP contribution in [0.15, 0.2) is 47.5 Å². The van der Waals surface area contributed by atoms with Crippen LogP contribution in [0, 0.1) is 11.3 Å². The van der Waals surface area contributed by atoms with Crippen LogP contribution in [0.1, 0.15) is 5.56 Å². The lowest BCUT2D eigenvalue weighted by Crippen LogP contribution is -2.07. The highest BCUT2D eigenvalue weighted by atomic mass is 32.2. The summed E-state index contributed by atoms with van der Waals surface area (Å²) in [6, 6.07) is 13.9. The SMILES string of the molecule is N#Cc1ccnnc1NCCSc1ccccc1. The van der Waals surface area contributed by atoms with Crippen molar-refractivity contribution in [1.82, 2.24) is 10.2 Å². The van der Waals surface area contributed by atoms with Gasteiger partial charge in [0, 0.05) is 17.2 Å². The fourth-order valence-corrected chi connectivity index (χ4v) is 2.20. The molecule has 2 rings (SSSR count). The van der Waals surface area contributed by atoms with Gasteiger partial charge < -0.3 is 5.32 Å². The zero-order chi connectivity index (χ0) is 12.6. The molecule has 1 heterocycles. The number of thioether (sulfide) groups is 1. The summed E-state index contributed by atoms with van der Waals surface area (Å²) < 4.78 is 0. The third-order valence-electron chi connectivity index (χ3n) is 2.25. The van der Waals surface area contributed by atoms with Crippen molar-refractivity contribution in [3.05, 3.63) is 48.2 Å². The molecule has 0 spiro atoms. The van der Waals surface area contributed by atoms with E-state index < -0.39 is 0 Å². The van der Waals surface area contributed by atoms with E-state index in [9.17, 15) is 0 Å². The Morgan fingerprint density at radius 1 is 1.22 bits per heavy atom. The van der Waals surface area contributed by atoms with Gasteiger partial charge in [-0.2, -0.15) is 10.4 Å². The molecule has 2 aromatic rings. The Bertz CT molecular complexity index is 536. The molecule has 0 unspecified atom stereocenters. The zero-order valence-corrected chi connectivity index (χ0v) is 10.5. The number of aromatic nitrogens is 2. The highest BCUT2D eigenvalue weighted by Crippen LogP contribution is 2.16. The van der Waals surface area contributed by atoms with Crippen molar-refractivity contribution in [2.45, 2.75) is 4.90 Å². The first kappa shape index (κ1) is 12.4. The maximum absolute atomic E-state index is 8.89. The van der Waals surface area contributed by atoms with E-state index in [-0.39, 0.29) is 0 Å². The highest BCUT2D eigenvalue weighted by molar-refractivity contribution is 7.99. The smallest absolute Gasteiger partial charge is 0.166 e. The molecular formula is C13H12N4S. The van der Waals surface area contributed by atoms with Crippen molar-refractivity contribution < 1.29 is 0 Å². The van der Waals surface area contributed by atoms with Crippen LogP contribution >= 0.6 is 11.8 Å². The summed E-state index contributed by atoms with van der Waals surface area (Å²) in [6.07, 6.45) is 1.52. The van der Waals surface area contributed by atoms with Gasteiger partial charge in [-0.05, 0) is 18.2 Å². The van der Waals surface area contributed by atoms with E-state index in [1.54, 1.807) is 17.8 Å². The summed E-state index contributed by atoms with van der Waals surface area (Å²) in [6.45, 7) is 0.743. The molecule has 0 fully saturated rings. The van der Waals surface area contributed by atoms with Gasteiger partial charge >= 0.3 is 0 Å². The van der Waals surface area contributed by atoms with Gasteiger partial charge in [0.25, 0.3) is 0 Å². The molecule has 1 N–H and O–H groups in total. The third kappa shape index (κ3) is 3.47. The lowest BCUT2D eigenvalue weighted by Gasteiger charge is -2.05. The van der Waals surface area contributed by atoms with Gasteiger partial charge in [-0.15, -0.1) is 16.9 Å². The summed E-state index contributed by atoms with van der Waals surface area (Å²) in [5, 5.41) is 19.7. The van der Waals surface area contributed by atoms with E-state index >= 15 is 0 Å².